The van der Waals surface area contributed by atoms with Crippen LogP contribution in [0.5, 0.6) is 0 Å². The van der Waals surface area contributed by atoms with Crippen molar-refractivity contribution in [2.45, 2.75) is 4.21 Å². The molecule has 0 atom stereocenters. The summed E-state index contributed by atoms with van der Waals surface area (Å²) in [4.78, 5) is 0.698. The fourth-order valence-electron chi connectivity index (χ4n) is 0.661. The van der Waals surface area contributed by atoms with Crippen molar-refractivity contribution in [1.82, 2.24) is 0 Å². The summed E-state index contributed by atoms with van der Waals surface area (Å²) >= 11 is 4.21. The van der Waals surface area contributed by atoms with Crippen LogP contribution in [-0.4, -0.2) is 13.7 Å². The minimum absolute atomic E-state index is 0.145. The Morgan fingerprint density at radius 3 is 2.69 bits per heavy atom. The number of hydrogen-bond donors (Lipinski definition) is 1. The van der Waals surface area contributed by atoms with E-state index in [1.807, 2.05) is 0 Å². The molecule has 13 heavy (non-hydrogen) atoms. The third kappa shape index (κ3) is 3.12. The summed E-state index contributed by atoms with van der Waals surface area (Å²) < 4.78 is 21.8. The molecule has 1 rings (SSSR count). The molecule has 0 radical (unpaired) electrons. The number of hydrogen-bond acceptors (Lipinski definition) is 3. The molecule has 0 bridgehead atoms. The van der Waals surface area contributed by atoms with E-state index in [4.69, 9.17) is 5.14 Å². The molecule has 1 heterocycles. The average Bonchev–Trinajstić information content (AvgIpc) is 2.47. The van der Waals surface area contributed by atoms with Gasteiger partial charge in [0.1, 0.15) is 4.21 Å². The molecule has 1 aromatic rings. The van der Waals surface area contributed by atoms with Gasteiger partial charge in [-0.1, -0.05) is 27.8 Å². The maximum absolute atomic E-state index is 10.9. The molecule has 6 heteroatoms. The summed E-state index contributed by atoms with van der Waals surface area (Å²) in [6.07, 6.45) is 0. The van der Waals surface area contributed by atoms with Gasteiger partial charge >= 0.3 is 0 Å². The molecule has 0 unspecified atom stereocenters. The zero-order valence-corrected chi connectivity index (χ0v) is 9.67. The summed E-state index contributed by atoms with van der Waals surface area (Å²) in [6, 6.07) is 3.10. The predicted molar refractivity (Wildman–Crippen MR) is 56.4 cm³/mol. The highest BCUT2D eigenvalue weighted by atomic mass is 79.9. The van der Waals surface area contributed by atoms with Crippen LogP contribution in [0.1, 0.15) is 4.88 Å². The molecule has 0 spiro atoms. The summed E-state index contributed by atoms with van der Waals surface area (Å²) in [5.74, 6) is 5.56. The Kier molecular flexibility index (Phi) is 3.50. The van der Waals surface area contributed by atoms with Crippen LogP contribution in [0.4, 0.5) is 0 Å². The Morgan fingerprint density at radius 1 is 1.54 bits per heavy atom. The first-order valence-corrected chi connectivity index (χ1v) is 6.70. The molecule has 2 N–H and O–H groups in total. The second kappa shape index (κ2) is 4.24. The largest absolute Gasteiger partial charge is 0.247 e. The number of rotatable bonds is 1. The van der Waals surface area contributed by atoms with Gasteiger partial charge < -0.3 is 0 Å². The van der Waals surface area contributed by atoms with Crippen LogP contribution in [-0.2, 0) is 10.0 Å². The molecule has 0 fully saturated rings. The quantitative estimate of drug-likeness (QED) is 0.619. The van der Waals surface area contributed by atoms with Crippen LogP contribution in [0.2, 0.25) is 0 Å². The average molecular weight is 280 g/mol. The Balaban J connectivity index is 3.01. The zero-order valence-electron chi connectivity index (χ0n) is 6.45. The minimum Gasteiger partial charge on any atom is -0.224 e. The number of primary sulfonamides is 1. The molecule has 0 amide bonds. The maximum atomic E-state index is 10.9. The molecular weight excluding hydrogens is 274 g/mol. The number of thiophene rings is 1. The van der Waals surface area contributed by atoms with E-state index in [1.165, 1.54) is 6.07 Å². The van der Waals surface area contributed by atoms with Crippen LogP contribution < -0.4 is 5.14 Å². The van der Waals surface area contributed by atoms with Gasteiger partial charge in [0.25, 0.3) is 0 Å². The maximum Gasteiger partial charge on any atom is 0.247 e. The van der Waals surface area contributed by atoms with Gasteiger partial charge in [-0.15, -0.1) is 11.3 Å². The normalized spacial score (nSPS) is 10.6. The van der Waals surface area contributed by atoms with Gasteiger partial charge in [0.2, 0.25) is 10.0 Å². The molecule has 1 aromatic heterocycles. The lowest BCUT2D eigenvalue weighted by atomic mass is 10.5. The second-order valence-electron chi connectivity index (χ2n) is 2.10. The standard InChI is InChI=1S/C7H6BrNO2S2/c8-5-1-2-6-3-4-7(12-6)13(9,10)11/h3-4H,5H2,(H2,9,10,11). The van der Waals surface area contributed by atoms with Crippen molar-refractivity contribution >= 4 is 37.3 Å². The van der Waals surface area contributed by atoms with Gasteiger partial charge in [-0.3, -0.25) is 0 Å². The number of nitrogens with two attached hydrogens (primary N) is 1. The highest BCUT2D eigenvalue weighted by Gasteiger charge is 2.09. The van der Waals surface area contributed by atoms with Crippen molar-refractivity contribution in [3.8, 4) is 11.8 Å². The molecule has 0 saturated heterocycles. The van der Waals surface area contributed by atoms with Crippen LogP contribution in [0, 0.1) is 11.8 Å². The van der Waals surface area contributed by atoms with E-state index in [-0.39, 0.29) is 4.21 Å². The number of sulfonamides is 1. The first-order chi connectivity index (χ1) is 6.04. The highest BCUT2D eigenvalue weighted by molar-refractivity contribution is 9.09. The van der Waals surface area contributed by atoms with Gasteiger partial charge in [0.15, 0.2) is 0 Å². The predicted octanol–water partition coefficient (Wildman–Crippen LogP) is 1.14. The van der Waals surface area contributed by atoms with Crippen LogP contribution in [0.25, 0.3) is 0 Å². The first-order valence-electron chi connectivity index (χ1n) is 3.21. The van der Waals surface area contributed by atoms with Crippen molar-refractivity contribution in [3.05, 3.63) is 17.0 Å². The van der Waals surface area contributed by atoms with Crippen molar-refractivity contribution in [3.63, 3.8) is 0 Å². The van der Waals surface area contributed by atoms with Crippen molar-refractivity contribution < 1.29 is 8.42 Å². The minimum atomic E-state index is -3.57. The molecule has 70 valence electrons. The van der Waals surface area contributed by atoms with E-state index in [1.54, 1.807) is 6.07 Å². The lowest BCUT2D eigenvalue weighted by molar-refractivity contribution is 0.600. The molecule has 3 nitrogen and oxygen atoms in total. The third-order valence-corrected chi connectivity index (χ3v) is 3.86. The SMILES string of the molecule is NS(=O)(=O)c1ccc(C#CCBr)s1. The van der Waals surface area contributed by atoms with Gasteiger partial charge in [-0.25, -0.2) is 13.6 Å². The lowest BCUT2D eigenvalue weighted by Crippen LogP contribution is -2.09. The van der Waals surface area contributed by atoms with Crippen molar-refractivity contribution in [2.24, 2.45) is 5.14 Å². The second-order valence-corrected chi connectivity index (χ2v) is 5.53. The highest BCUT2D eigenvalue weighted by Crippen LogP contribution is 2.18. The van der Waals surface area contributed by atoms with Gasteiger partial charge in [0.05, 0.1) is 10.2 Å². The molecular formula is C7H6BrNO2S2. The molecule has 0 aliphatic rings. The van der Waals surface area contributed by atoms with E-state index in [0.29, 0.717) is 10.2 Å². The third-order valence-electron chi connectivity index (χ3n) is 1.14. The molecule has 0 saturated carbocycles. The summed E-state index contributed by atoms with van der Waals surface area (Å²) in [5, 5.41) is 5.49. The van der Waals surface area contributed by atoms with Gasteiger partial charge in [-0.2, -0.15) is 0 Å². The van der Waals surface area contributed by atoms with Crippen LogP contribution in [0.15, 0.2) is 16.3 Å². The summed E-state index contributed by atoms with van der Waals surface area (Å²) in [7, 11) is -3.57. The van der Waals surface area contributed by atoms with E-state index >= 15 is 0 Å². The van der Waals surface area contributed by atoms with Crippen molar-refractivity contribution in [1.29, 1.82) is 0 Å². The Morgan fingerprint density at radius 2 is 2.23 bits per heavy atom. The number of alkyl halides is 1. The lowest BCUT2D eigenvalue weighted by Gasteiger charge is -1.87. The van der Waals surface area contributed by atoms with Crippen LogP contribution in [0.3, 0.4) is 0 Å². The zero-order chi connectivity index (χ0) is 9.90. The Labute approximate surface area is 89.1 Å². The number of halogens is 1. The van der Waals surface area contributed by atoms with Gasteiger partial charge in [0, 0.05) is 0 Å². The molecule has 0 aliphatic carbocycles. The van der Waals surface area contributed by atoms with Crippen molar-refractivity contribution in [2.75, 3.05) is 5.33 Å². The summed E-state index contributed by atoms with van der Waals surface area (Å²) in [5.41, 5.74) is 0. The molecule has 0 aromatic carbocycles. The Bertz CT molecular complexity index is 452. The van der Waals surface area contributed by atoms with E-state index in [0.717, 1.165) is 11.3 Å². The smallest absolute Gasteiger partial charge is 0.224 e. The Hall–Kier alpha value is -0.350. The fraction of sp³-hybridized carbons (Fsp3) is 0.143. The fourth-order valence-corrected chi connectivity index (χ4v) is 2.40. The van der Waals surface area contributed by atoms with E-state index in [2.05, 4.69) is 27.8 Å². The summed E-state index contributed by atoms with van der Waals surface area (Å²) in [6.45, 7) is 0. The monoisotopic (exact) mass is 279 g/mol. The molecule has 0 aliphatic heterocycles. The topological polar surface area (TPSA) is 60.2 Å². The van der Waals surface area contributed by atoms with E-state index in [9.17, 15) is 8.42 Å². The van der Waals surface area contributed by atoms with Crippen LogP contribution >= 0.6 is 27.3 Å². The van der Waals surface area contributed by atoms with E-state index < -0.39 is 10.0 Å². The van der Waals surface area contributed by atoms with Gasteiger partial charge in [-0.05, 0) is 12.1 Å². The first kappa shape index (κ1) is 10.7.